The number of hydrogen-bond acceptors (Lipinski definition) is 6. The first-order valence-corrected chi connectivity index (χ1v) is 33.6. The Kier molecular flexibility index (Phi) is 62.6. The number of rotatable bonds is 62. The van der Waals surface area contributed by atoms with E-state index >= 15 is 0 Å². The molecule has 76 heavy (non-hydrogen) atoms. The molecule has 0 radical (unpaired) electrons. The fraction of sp³-hybridized carbons (Fsp3) is 0.843. The summed E-state index contributed by atoms with van der Waals surface area (Å²) in [6.45, 7) is 6.65. The van der Waals surface area contributed by atoms with Crippen LogP contribution in [0.2, 0.25) is 0 Å². The van der Waals surface area contributed by atoms with Crippen molar-refractivity contribution in [2.45, 2.75) is 367 Å². The van der Waals surface area contributed by atoms with Gasteiger partial charge in [0.25, 0.3) is 0 Å². The normalized spacial score (nSPS) is 12.3. The van der Waals surface area contributed by atoms with Crippen LogP contribution in [0.15, 0.2) is 48.6 Å². The summed E-state index contributed by atoms with van der Waals surface area (Å²) in [7, 11) is 0. The third-order valence-corrected chi connectivity index (χ3v) is 15.0. The molecule has 0 aliphatic carbocycles. The Morgan fingerprint density at radius 3 is 0.750 bits per heavy atom. The molecule has 1 atom stereocenters. The van der Waals surface area contributed by atoms with Crippen molar-refractivity contribution in [1.82, 2.24) is 0 Å². The zero-order valence-electron chi connectivity index (χ0n) is 51.0. The third kappa shape index (κ3) is 62.2. The SMILES string of the molecule is CCCCCC/C=C\CCCCCCCC(=O)OCC(COC(=O)CCCCCCCCCCCCCCCCCCC/C=C\C/C=C\CCCCCCC)OC(=O)CCCCCCC/C=C\CCCCCCCCC. The average Bonchev–Trinajstić information content (AvgIpc) is 3.42. The molecule has 0 aromatic carbocycles. The van der Waals surface area contributed by atoms with E-state index in [-0.39, 0.29) is 31.1 Å². The van der Waals surface area contributed by atoms with Crippen LogP contribution in [0.25, 0.3) is 0 Å². The summed E-state index contributed by atoms with van der Waals surface area (Å²) in [6.07, 6.45) is 81.3. The Bertz CT molecular complexity index is 1310. The molecule has 0 saturated carbocycles. The van der Waals surface area contributed by atoms with Crippen LogP contribution in [-0.4, -0.2) is 37.2 Å². The second kappa shape index (κ2) is 64.9. The molecule has 0 bridgehead atoms. The van der Waals surface area contributed by atoms with E-state index in [0.29, 0.717) is 19.3 Å². The monoisotopic (exact) mass is 1060 g/mol. The molecular formula is C70H128O6. The summed E-state index contributed by atoms with van der Waals surface area (Å²) in [5.41, 5.74) is 0. The molecule has 0 N–H and O–H groups in total. The van der Waals surface area contributed by atoms with Gasteiger partial charge in [-0.25, -0.2) is 0 Å². The topological polar surface area (TPSA) is 78.9 Å². The van der Waals surface area contributed by atoms with Crippen molar-refractivity contribution < 1.29 is 28.6 Å². The molecule has 0 rings (SSSR count). The van der Waals surface area contributed by atoms with Gasteiger partial charge in [-0.1, -0.05) is 288 Å². The highest BCUT2D eigenvalue weighted by Crippen LogP contribution is 2.17. The maximum Gasteiger partial charge on any atom is 0.306 e. The maximum absolute atomic E-state index is 12.9. The molecule has 6 nitrogen and oxygen atoms in total. The smallest absolute Gasteiger partial charge is 0.306 e. The van der Waals surface area contributed by atoms with Crippen molar-refractivity contribution >= 4 is 17.9 Å². The van der Waals surface area contributed by atoms with E-state index in [4.69, 9.17) is 14.2 Å². The summed E-state index contributed by atoms with van der Waals surface area (Å²) in [5.74, 6) is -0.873. The number of hydrogen-bond donors (Lipinski definition) is 0. The molecule has 0 aromatic rings. The highest BCUT2D eigenvalue weighted by molar-refractivity contribution is 5.71. The second-order valence-electron chi connectivity index (χ2n) is 22.7. The molecule has 0 aliphatic rings. The van der Waals surface area contributed by atoms with Crippen molar-refractivity contribution in [3.8, 4) is 0 Å². The van der Waals surface area contributed by atoms with Gasteiger partial charge in [0, 0.05) is 19.3 Å². The first-order chi connectivity index (χ1) is 37.5. The predicted molar refractivity (Wildman–Crippen MR) is 330 cm³/mol. The average molecular weight is 1070 g/mol. The van der Waals surface area contributed by atoms with Crippen LogP contribution < -0.4 is 0 Å². The fourth-order valence-electron chi connectivity index (χ4n) is 9.94. The van der Waals surface area contributed by atoms with Crippen LogP contribution in [0.3, 0.4) is 0 Å². The molecular weight excluding hydrogens is 937 g/mol. The third-order valence-electron chi connectivity index (χ3n) is 15.0. The van der Waals surface area contributed by atoms with E-state index < -0.39 is 6.10 Å². The molecule has 444 valence electrons. The molecule has 0 spiro atoms. The molecule has 0 saturated heterocycles. The molecule has 0 amide bonds. The van der Waals surface area contributed by atoms with Crippen LogP contribution in [0.1, 0.15) is 361 Å². The number of carbonyl (C=O) groups excluding carboxylic acids is 3. The Balaban J connectivity index is 4.19. The number of allylic oxidation sites excluding steroid dienone is 8. The van der Waals surface area contributed by atoms with E-state index in [2.05, 4.69) is 69.4 Å². The van der Waals surface area contributed by atoms with Gasteiger partial charge in [-0.05, 0) is 103 Å². The standard InChI is InChI=1S/C70H128O6/c1-4-7-10-13-16-19-22-25-27-29-30-31-32-33-34-35-36-37-38-39-40-41-43-45-48-51-54-57-60-63-69(72)75-66-67(65-74-68(71)62-59-56-53-50-47-44-24-21-18-15-12-9-6-3)76-70(73)64-61-58-55-52-49-46-42-28-26-23-20-17-14-11-8-5-2/h21-22,24-25,28-30,42,67H,4-20,23,26-27,31-41,43-66H2,1-3H3/b24-21-,25-22-,30-29-,42-28-. The fourth-order valence-corrected chi connectivity index (χ4v) is 9.94. The zero-order valence-corrected chi connectivity index (χ0v) is 51.0. The van der Waals surface area contributed by atoms with Gasteiger partial charge in [0.2, 0.25) is 0 Å². The van der Waals surface area contributed by atoms with Crippen molar-refractivity contribution in [3.05, 3.63) is 48.6 Å². The highest BCUT2D eigenvalue weighted by atomic mass is 16.6. The summed E-state index contributed by atoms with van der Waals surface area (Å²) < 4.78 is 16.9. The van der Waals surface area contributed by atoms with Crippen LogP contribution in [0.5, 0.6) is 0 Å². The van der Waals surface area contributed by atoms with Gasteiger partial charge in [0.15, 0.2) is 6.10 Å². The lowest BCUT2D eigenvalue weighted by Gasteiger charge is -2.18. The number of ether oxygens (including phenoxy) is 3. The van der Waals surface area contributed by atoms with Gasteiger partial charge < -0.3 is 14.2 Å². The molecule has 6 heteroatoms. The van der Waals surface area contributed by atoms with Gasteiger partial charge in [-0.2, -0.15) is 0 Å². The first-order valence-electron chi connectivity index (χ1n) is 33.6. The Morgan fingerprint density at radius 1 is 0.263 bits per heavy atom. The largest absolute Gasteiger partial charge is 0.462 e. The molecule has 0 heterocycles. The number of esters is 3. The number of carbonyl (C=O) groups is 3. The van der Waals surface area contributed by atoms with E-state index in [9.17, 15) is 14.4 Å². The van der Waals surface area contributed by atoms with E-state index in [0.717, 1.165) is 77.0 Å². The maximum atomic E-state index is 12.9. The van der Waals surface area contributed by atoms with Gasteiger partial charge in [0.05, 0.1) is 0 Å². The highest BCUT2D eigenvalue weighted by Gasteiger charge is 2.19. The predicted octanol–water partition coefficient (Wildman–Crippen LogP) is 22.9. The molecule has 0 fully saturated rings. The van der Waals surface area contributed by atoms with E-state index in [1.165, 1.54) is 244 Å². The van der Waals surface area contributed by atoms with Crippen LogP contribution in [0.4, 0.5) is 0 Å². The molecule has 0 aliphatic heterocycles. The summed E-state index contributed by atoms with van der Waals surface area (Å²) >= 11 is 0. The number of unbranched alkanes of at least 4 members (excludes halogenated alkanes) is 43. The van der Waals surface area contributed by atoms with Gasteiger partial charge in [-0.15, -0.1) is 0 Å². The Morgan fingerprint density at radius 2 is 0.474 bits per heavy atom. The summed E-state index contributed by atoms with van der Waals surface area (Å²) in [6, 6.07) is 0. The van der Waals surface area contributed by atoms with Crippen molar-refractivity contribution in [2.24, 2.45) is 0 Å². The van der Waals surface area contributed by atoms with Gasteiger partial charge >= 0.3 is 17.9 Å². The van der Waals surface area contributed by atoms with Crippen molar-refractivity contribution in [3.63, 3.8) is 0 Å². The summed E-state index contributed by atoms with van der Waals surface area (Å²) in [4.78, 5) is 38.3. The molecule has 0 aromatic heterocycles. The Hall–Kier alpha value is -2.63. The lowest BCUT2D eigenvalue weighted by atomic mass is 10.0. The van der Waals surface area contributed by atoms with E-state index in [1.807, 2.05) is 0 Å². The minimum absolute atomic E-state index is 0.0756. The minimum atomic E-state index is -0.779. The van der Waals surface area contributed by atoms with Gasteiger partial charge in [-0.3, -0.25) is 14.4 Å². The first kappa shape index (κ1) is 73.4. The molecule has 1 unspecified atom stereocenters. The zero-order chi connectivity index (χ0) is 55.0. The van der Waals surface area contributed by atoms with Crippen molar-refractivity contribution in [2.75, 3.05) is 13.2 Å². The summed E-state index contributed by atoms with van der Waals surface area (Å²) in [5, 5.41) is 0. The van der Waals surface area contributed by atoms with E-state index in [1.54, 1.807) is 0 Å². The second-order valence-corrected chi connectivity index (χ2v) is 22.7. The van der Waals surface area contributed by atoms with Gasteiger partial charge in [0.1, 0.15) is 13.2 Å². The van der Waals surface area contributed by atoms with Crippen LogP contribution >= 0.6 is 0 Å². The quantitative estimate of drug-likeness (QED) is 0.0261. The lowest BCUT2D eigenvalue weighted by molar-refractivity contribution is -0.167. The minimum Gasteiger partial charge on any atom is -0.462 e. The lowest BCUT2D eigenvalue weighted by Crippen LogP contribution is -2.30. The van der Waals surface area contributed by atoms with Crippen LogP contribution in [-0.2, 0) is 28.6 Å². The van der Waals surface area contributed by atoms with Crippen LogP contribution in [0, 0.1) is 0 Å². The van der Waals surface area contributed by atoms with Crippen molar-refractivity contribution in [1.29, 1.82) is 0 Å². The Labute approximate surface area is 473 Å².